The highest BCUT2D eigenvalue weighted by molar-refractivity contribution is 5.97. The highest BCUT2D eigenvalue weighted by Crippen LogP contribution is 2.52. The molecule has 3 aliphatic rings. The number of carbonyl (C=O) groups is 2. The van der Waals surface area contributed by atoms with E-state index in [-0.39, 0.29) is 23.9 Å². The van der Waals surface area contributed by atoms with Crippen LogP contribution in [0, 0.1) is 11.3 Å². The number of piperazine rings is 1. The van der Waals surface area contributed by atoms with Crippen LogP contribution in [0.3, 0.4) is 0 Å². The molecule has 0 N–H and O–H groups in total. The minimum atomic E-state index is -0.266. The first-order valence-electron chi connectivity index (χ1n) is 7.53. The third-order valence-electron chi connectivity index (χ3n) is 5.31. The molecule has 19 heavy (non-hydrogen) atoms. The maximum absolute atomic E-state index is 12.6. The number of amides is 2. The second-order valence-corrected chi connectivity index (χ2v) is 7.10. The molecular formula is C15H24N2O2. The van der Waals surface area contributed by atoms with E-state index in [1.54, 1.807) is 0 Å². The van der Waals surface area contributed by atoms with Crippen LogP contribution in [-0.2, 0) is 9.59 Å². The molecule has 3 unspecified atom stereocenters. The molecule has 0 aromatic rings. The van der Waals surface area contributed by atoms with Crippen LogP contribution in [0.4, 0.5) is 0 Å². The predicted octanol–water partition coefficient (Wildman–Crippen LogP) is 1.64. The Morgan fingerprint density at radius 2 is 1.89 bits per heavy atom. The van der Waals surface area contributed by atoms with Gasteiger partial charge in [-0.15, -0.1) is 0 Å². The highest BCUT2D eigenvalue weighted by atomic mass is 16.2. The maximum atomic E-state index is 12.6. The summed E-state index contributed by atoms with van der Waals surface area (Å²) >= 11 is 0. The molecule has 0 radical (unpaired) electrons. The molecule has 1 saturated carbocycles. The quantitative estimate of drug-likeness (QED) is 0.761. The van der Waals surface area contributed by atoms with E-state index in [0.717, 1.165) is 32.4 Å². The Bertz CT molecular complexity index is 418. The van der Waals surface area contributed by atoms with Crippen molar-refractivity contribution in [2.75, 3.05) is 13.1 Å². The Labute approximate surface area is 115 Å². The third-order valence-corrected chi connectivity index (χ3v) is 5.31. The fourth-order valence-corrected chi connectivity index (χ4v) is 3.58. The molecule has 2 heterocycles. The van der Waals surface area contributed by atoms with Crippen LogP contribution >= 0.6 is 0 Å². The van der Waals surface area contributed by atoms with Crippen molar-refractivity contribution in [3.63, 3.8) is 0 Å². The van der Waals surface area contributed by atoms with Crippen LogP contribution in [-0.4, -0.2) is 46.8 Å². The summed E-state index contributed by atoms with van der Waals surface area (Å²) in [7, 11) is 0. The van der Waals surface area contributed by atoms with Gasteiger partial charge >= 0.3 is 0 Å². The number of piperidine rings is 1. The van der Waals surface area contributed by atoms with Gasteiger partial charge in [-0.2, -0.15) is 0 Å². The number of carbonyl (C=O) groups excluding carboxylic acids is 2. The monoisotopic (exact) mass is 264 g/mol. The van der Waals surface area contributed by atoms with E-state index in [0.29, 0.717) is 11.3 Å². The molecular weight excluding hydrogens is 240 g/mol. The van der Waals surface area contributed by atoms with E-state index in [1.165, 1.54) is 6.42 Å². The smallest absolute Gasteiger partial charge is 0.246 e. The topological polar surface area (TPSA) is 40.6 Å². The van der Waals surface area contributed by atoms with Crippen molar-refractivity contribution in [3.8, 4) is 0 Å². The van der Waals surface area contributed by atoms with Crippen LogP contribution in [0.1, 0.15) is 46.5 Å². The van der Waals surface area contributed by atoms with Gasteiger partial charge in [0.1, 0.15) is 12.1 Å². The van der Waals surface area contributed by atoms with Crippen molar-refractivity contribution in [2.24, 2.45) is 11.3 Å². The van der Waals surface area contributed by atoms with E-state index in [2.05, 4.69) is 13.8 Å². The summed E-state index contributed by atoms with van der Waals surface area (Å²) in [5.41, 5.74) is 0.354. The van der Waals surface area contributed by atoms with Gasteiger partial charge in [-0.25, -0.2) is 0 Å². The van der Waals surface area contributed by atoms with Crippen LogP contribution in [0.2, 0.25) is 0 Å². The van der Waals surface area contributed by atoms with Gasteiger partial charge < -0.3 is 9.80 Å². The Morgan fingerprint density at radius 1 is 1.21 bits per heavy atom. The summed E-state index contributed by atoms with van der Waals surface area (Å²) in [5.74, 6) is 0.916. The summed E-state index contributed by atoms with van der Waals surface area (Å²) in [6, 6.07) is -0.433. The van der Waals surface area contributed by atoms with Crippen LogP contribution in [0.15, 0.2) is 0 Å². The highest BCUT2D eigenvalue weighted by Gasteiger charge is 2.51. The summed E-state index contributed by atoms with van der Waals surface area (Å²) in [6.45, 7) is 7.91. The largest absolute Gasteiger partial charge is 0.329 e. The number of rotatable bonds is 2. The van der Waals surface area contributed by atoms with Crippen LogP contribution in [0.5, 0.6) is 0 Å². The number of nitrogens with zero attached hydrogens (tertiary/aromatic N) is 2. The second-order valence-electron chi connectivity index (χ2n) is 7.10. The molecule has 2 amide bonds. The molecule has 106 valence electrons. The van der Waals surface area contributed by atoms with Gasteiger partial charge in [0.15, 0.2) is 0 Å². The van der Waals surface area contributed by atoms with Gasteiger partial charge in [0.25, 0.3) is 0 Å². The van der Waals surface area contributed by atoms with Crippen molar-refractivity contribution in [2.45, 2.75) is 58.5 Å². The molecule has 4 nitrogen and oxygen atoms in total. The van der Waals surface area contributed by atoms with Gasteiger partial charge in [-0.05, 0) is 43.9 Å². The lowest BCUT2D eigenvalue weighted by molar-refractivity contribution is -0.163. The SMILES string of the molecule is CC1C(=O)N2CCCCC2C(=O)N1CC1CC1(C)C. The number of fused-ring (bicyclic) bond motifs is 1. The zero-order valence-electron chi connectivity index (χ0n) is 12.2. The van der Waals surface area contributed by atoms with Gasteiger partial charge in [-0.1, -0.05) is 13.8 Å². The molecule has 3 rings (SSSR count). The fraction of sp³-hybridized carbons (Fsp3) is 0.867. The third kappa shape index (κ3) is 2.05. The summed E-state index contributed by atoms with van der Waals surface area (Å²) < 4.78 is 0. The van der Waals surface area contributed by atoms with Crippen LogP contribution < -0.4 is 0 Å². The van der Waals surface area contributed by atoms with Gasteiger partial charge in [0.2, 0.25) is 11.8 Å². The number of hydrogen-bond acceptors (Lipinski definition) is 2. The van der Waals surface area contributed by atoms with Crippen molar-refractivity contribution >= 4 is 11.8 Å². The number of hydrogen-bond donors (Lipinski definition) is 0. The Hall–Kier alpha value is -1.06. The Balaban J connectivity index is 1.76. The van der Waals surface area contributed by atoms with Crippen molar-refractivity contribution in [1.29, 1.82) is 0 Å². The fourth-order valence-electron chi connectivity index (χ4n) is 3.58. The molecule has 0 spiro atoms. The average Bonchev–Trinajstić information content (AvgIpc) is 2.99. The maximum Gasteiger partial charge on any atom is 0.246 e. The van der Waals surface area contributed by atoms with Gasteiger partial charge in [0.05, 0.1) is 0 Å². The normalized spacial score (nSPS) is 37.3. The summed E-state index contributed by atoms with van der Waals surface area (Å²) in [6.07, 6.45) is 4.13. The van der Waals surface area contributed by atoms with Gasteiger partial charge in [0, 0.05) is 13.1 Å². The van der Waals surface area contributed by atoms with Crippen LogP contribution in [0.25, 0.3) is 0 Å². The molecule has 0 aromatic carbocycles. The lowest BCUT2D eigenvalue weighted by Crippen LogP contribution is -2.65. The molecule has 3 atom stereocenters. The molecule has 3 fully saturated rings. The molecule has 0 bridgehead atoms. The van der Waals surface area contributed by atoms with E-state index in [1.807, 2.05) is 16.7 Å². The van der Waals surface area contributed by atoms with Crippen molar-refractivity contribution in [3.05, 3.63) is 0 Å². The first-order valence-corrected chi connectivity index (χ1v) is 7.53. The summed E-state index contributed by atoms with van der Waals surface area (Å²) in [4.78, 5) is 28.7. The second kappa shape index (κ2) is 4.22. The van der Waals surface area contributed by atoms with Crippen molar-refractivity contribution < 1.29 is 9.59 Å². The van der Waals surface area contributed by atoms with Gasteiger partial charge in [-0.3, -0.25) is 9.59 Å². The predicted molar refractivity (Wildman–Crippen MR) is 72.4 cm³/mol. The molecule has 4 heteroatoms. The standard InChI is InChI=1S/C15H24N2O2/c1-10-13(18)16-7-5-4-6-12(16)14(19)17(10)9-11-8-15(11,2)3/h10-12H,4-9H2,1-3H3. The molecule has 2 saturated heterocycles. The molecule has 2 aliphatic heterocycles. The lowest BCUT2D eigenvalue weighted by Gasteiger charge is -2.46. The summed E-state index contributed by atoms with van der Waals surface area (Å²) in [5, 5.41) is 0. The Kier molecular flexibility index (Phi) is 2.88. The molecule has 0 aromatic heterocycles. The van der Waals surface area contributed by atoms with Crippen molar-refractivity contribution in [1.82, 2.24) is 9.80 Å². The first kappa shape index (κ1) is 12.9. The van der Waals surface area contributed by atoms with E-state index in [4.69, 9.17) is 0 Å². The zero-order chi connectivity index (χ0) is 13.8. The lowest BCUT2D eigenvalue weighted by atomic mass is 9.95. The van der Waals surface area contributed by atoms with E-state index >= 15 is 0 Å². The first-order chi connectivity index (χ1) is 8.92. The minimum absolute atomic E-state index is 0.155. The Morgan fingerprint density at radius 3 is 2.53 bits per heavy atom. The van der Waals surface area contributed by atoms with E-state index < -0.39 is 0 Å². The zero-order valence-corrected chi connectivity index (χ0v) is 12.2. The average molecular weight is 264 g/mol. The minimum Gasteiger partial charge on any atom is -0.329 e. The molecule has 1 aliphatic carbocycles. The van der Waals surface area contributed by atoms with E-state index in [9.17, 15) is 9.59 Å².